The van der Waals surface area contributed by atoms with Crippen molar-refractivity contribution in [2.45, 2.75) is 39.4 Å². The van der Waals surface area contributed by atoms with Crippen LogP contribution in [0.15, 0.2) is 24.3 Å². The monoisotopic (exact) mass is 240 g/mol. The van der Waals surface area contributed by atoms with E-state index < -0.39 is 0 Å². The molecule has 1 amide bonds. The van der Waals surface area contributed by atoms with E-state index in [9.17, 15) is 4.79 Å². The summed E-state index contributed by atoms with van der Waals surface area (Å²) < 4.78 is 0. The highest BCUT2D eigenvalue weighted by Crippen LogP contribution is 2.07. The van der Waals surface area contributed by atoms with Gasteiger partial charge >= 0.3 is 0 Å². The summed E-state index contributed by atoms with van der Waals surface area (Å²) >= 11 is 0. The number of rotatable bonds is 7. The molecule has 0 heterocycles. The summed E-state index contributed by atoms with van der Waals surface area (Å²) in [6, 6.07) is 8.25. The van der Waals surface area contributed by atoms with E-state index in [-0.39, 0.29) is 5.91 Å². The van der Waals surface area contributed by atoms with Crippen LogP contribution >= 0.6 is 0 Å². The zero-order valence-electron chi connectivity index (χ0n) is 11.3. The van der Waals surface area contributed by atoms with Gasteiger partial charge in [0.05, 0.1) is 7.85 Å². The van der Waals surface area contributed by atoms with E-state index >= 15 is 0 Å². The molecule has 3 radical (unpaired) electrons. The molecule has 1 N–H and O–H groups in total. The Balaban J connectivity index is 2.46. The summed E-state index contributed by atoms with van der Waals surface area (Å²) in [5.74, 6) is 0.673. The molecule has 4 heteroatoms. The Kier molecular flexibility index (Phi) is 6.63. The fraction of sp³-hybridized carbons (Fsp3) is 0.500. The van der Waals surface area contributed by atoms with E-state index in [0.717, 1.165) is 11.9 Å². The third kappa shape index (κ3) is 5.94. The van der Waals surface area contributed by atoms with Gasteiger partial charge in [-0.1, -0.05) is 49.9 Å². The zero-order valence-corrected chi connectivity index (χ0v) is 11.3. The molecule has 0 unspecified atom stereocenters. The van der Waals surface area contributed by atoms with Crippen molar-refractivity contribution in [1.29, 1.82) is 0 Å². The number of carbonyl (C=O) groups excluding carboxylic acids is 1. The highest BCUT2D eigenvalue weighted by atomic mass is 16.1. The second kappa shape index (κ2) is 8.02. The second-order valence-corrected chi connectivity index (χ2v) is 4.93. The smallest absolute Gasteiger partial charge is 0.284 e. The number of hydrogen-bond acceptors (Lipinski definition) is 1. The second-order valence-electron chi connectivity index (χ2n) is 4.93. The lowest BCUT2D eigenvalue weighted by Gasteiger charge is -2.07. The van der Waals surface area contributed by atoms with Gasteiger partial charge in [-0.15, -0.1) is 0 Å². The van der Waals surface area contributed by atoms with E-state index in [4.69, 9.17) is 7.85 Å². The Labute approximate surface area is 112 Å². The highest BCUT2D eigenvalue weighted by molar-refractivity contribution is 6.53. The first-order valence-electron chi connectivity index (χ1n) is 6.53. The minimum Gasteiger partial charge on any atom is -0.398 e. The van der Waals surface area contributed by atoms with Crippen LogP contribution in [0.1, 0.15) is 32.3 Å². The number of aryl methyl sites for hydroxylation is 1. The predicted molar refractivity (Wildman–Crippen MR) is 78.3 cm³/mol. The van der Waals surface area contributed by atoms with Gasteiger partial charge in [0.25, 0.3) is 7.41 Å². The minimum atomic E-state index is -0.0370. The van der Waals surface area contributed by atoms with Crippen LogP contribution < -0.4 is 10.7 Å². The molecule has 0 saturated carbocycles. The number of amides is 1. The molecule has 0 fully saturated rings. The first kappa shape index (κ1) is 14.9. The summed E-state index contributed by atoms with van der Waals surface area (Å²) in [6.45, 7) is 4.45. The van der Waals surface area contributed by atoms with Crippen molar-refractivity contribution in [3.05, 3.63) is 29.8 Å². The van der Waals surface area contributed by atoms with Crippen LogP contribution in [0.2, 0.25) is 6.32 Å². The van der Waals surface area contributed by atoms with Crippen LogP contribution in [0.5, 0.6) is 0 Å². The molecular formula is C14H20B2NO. The Morgan fingerprint density at radius 3 is 2.89 bits per heavy atom. The van der Waals surface area contributed by atoms with Gasteiger partial charge in [-0.2, -0.15) is 0 Å². The maximum absolute atomic E-state index is 11.3. The summed E-state index contributed by atoms with van der Waals surface area (Å²) in [6.07, 6.45) is 3.01. The van der Waals surface area contributed by atoms with Crippen molar-refractivity contribution in [3.63, 3.8) is 0 Å². The van der Waals surface area contributed by atoms with Gasteiger partial charge in [0.1, 0.15) is 0 Å². The minimum absolute atomic E-state index is 0.0370. The van der Waals surface area contributed by atoms with Gasteiger partial charge in [-0.05, 0) is 24.3 Å². The molecule has 18 heavy (non-hydrogen) atoms. The molecular weight excluding hydrogens is 220 g/mol. The molecule has 0 bridgehead atoms. The van der Waals surface area contributed by atoms with Crippen molar-refractivity contribution in [3.8, 4) is 0 Å². The molecule has 0 aliphatic rings. The molecule has 93 valence electrons. The number of benzene rings is 1. The molecule has 0 aliphatic carbocycles. The lowest BCUT2D eigenvalue weighted by atomic mass is 9.81. The fourth-order valence-electron chi connectivity index (χ4n) is 1.66. The van der Waals surface area contributed by atoms with Crippen LogP contribution in [-0.4, -0.2) is 21.2 Å². The van der Waals surface area contributed by atoms with Gasteiger partial charge in [0, 0.05) is 6.42 Å². The van der Waals surface area contributed by atoms with Crippen molar-refractivity contribution < 1.29 is 4.79 Å². The van der Waals surface area contributed by atoms with Crippen LogP contribution in [0.25, 0.3) is 0 Å². The van der Waals surface area contributed by atoms with E-state index in [2.05, 4.69) is 31.2 Å². The normalized spacial score (nSPS) is 10.4. The number of nitrogens with one attached hydrogen (secondary N) is 1. The van der Waals surface area contributed by atoms with Crippen molar-refractivity contribution in [2.24, 2.45) is 5.92 Å². The van der Waals surface area contributed by atoms with Crippen LogP contribution in [0, 0.1) is 5.92 Å². The Morgan fingerprint density at radius 1 is 1.44 bits per heavy atom. The first-order chi connectivity index (χ1) is 8.61. The molecule has 1 aromatic rings. The lowest BCUT2D eigenvalue weighted by molar-refractivity contribution is -0.119. The maximum atomic E-state index is 11.3. The molecule has 2 nitrogen and oxygen atoms in total. The first-order valence-corrected chi connectivity index (χ1v) is 6.53. The van der Waals surface area contributed by atoms with E-state index in [1.54, 1.807) is 7.41 Å². The molecule has 0 aliphatic heterocycles. The van der Waals surface area contributed by atoms with Gasteiger partial charge < -0.3 is 5.23 Å². The SMILES string of the molecule is [B]CCC(=O)N[B]c1cccc(CCC(C)C)c1. The van der Waals surface area contributed by atoms with Crippen LogP contribution in [0.4, 0.5) is 0 Å². The van der Waals surface area contributed by atoms with Gasteiger partial charge in [0.15, 0.2) is 0 Å². The quantitative estimate of drug-likeness (QED) is 0.720. The molecule has 0 saturated heterocycles. The molecule has 0 aromatic heterocycles. The lowest BCUT2D eigenvalue weighted by Crippen LogP contribution is -2.35. The maximum Gasteiger partial charge on any atom is 0.284 e. The third-order valence-corrected chi connectivity index (χ3v) is 2.73. The Hall–Kier alpha value is -1.18. The van der Waals surface area contributed by atoms with Crippen LogP contribution in [-0.2, 0) is 11.2 Å². The van der Waals surface area contributed by atoms with E-state index in [0.29, 0.717) is 18.7 Å². The van der Waals surface area contributed by atoms with Crippen LogP contribution in [0.3, 0.4) is 0 Å². The summed E-state index contributed by atoms with van der Waals surface area (Å²) in [5, 5.41) is 2.75. The molecule has 0 spiro atoms. The van der Waals surface area contributed by atoms with Gasteiger partial charge in [-0.3, -0.25) is 4.79 Å². The standard InChI is InChI=1S/C14H20B2NO/c1-11(2)6-7-12-4-3-5-13(10-12)16-17-14(18)8-9-15/h3-5,10-11H,6-9H2,1-2H3,(H,17,18). The third-order valence-electron chi connectivity index (χ3n) is 2.73. The summed E-state index contributed by atoms with van der Waals surface area (Å²) in [4.78, 5) is 11.3. The van der Waals surface area contributed by atoms with Gasteiger partial charge in [-0.25, -0.2) is 0 Å². The Bertz CT molecular complexity index is 380. The molecule has 0 atom stereocenters. The topological polar surface area (TPSA) is 29.1 Å². The average molecular weight is 240 g/mol. The number of hydrogen-bond donors (Lipinski definition) is 1. The molecule has 1 rings (SSSR count). The van der Waals surface area contributed by atoms with Crippen molar-refractivity contribution in [1.82, 2.24) is 5.23 Å². The van der Waals surface area contributed by atoms with Crippen molar-refractivity contribution in [2.75, 3.05) is 0 Å². The average Bonchev–Trinajstić information content (AvgIpc) is 2.35. The summed E-state index contributed by atoms with van der Waals surface area (Å²) in [7, 11) is 7.06. The highest BCUT2D eigenvalue weighted by Gasteiger charge is 2.03. The number of carbonyl (C=O) groups is 1. The van der Waals surface area contributed by atoms with E-state index in [1.807, 2.05) is 12.1 Å². The fourth-order valence-corrected chi connectivity index (χ4v) is 1.66. The summed E-state index contributed by atoms with van der Waals surface area (Å²) in [5.41, 5.74) is 2.34. The largest absolute Gasteiger partial charge is 0.398 e. The van der Waals surface area contributed by atoms with Gasteiger partial charge in [0.2, 0.25) is 5.91 Å². The zero-order chi connectivity index (χ0) is 13.4. The Morgan fingerprint density at radius 2 is 2.22 bits per heavy atom. The van der Waals surface area contributed by atoms with E-state index in [1.165, 1.54) is 12.0 Å². The van der Waals surface area contributed by atoms with Crippen molar-refractivity contribution >= 4 is 26.6 Å². The molecule has 1 aromatic carbocycles. The predicted octanol–water partition coefficient (Wildman–Crippen LogP) is 1.61.